The van der Waals surface area contributed by atoms with Gasteiger partial charge in [-0.3, -0.25) is 4.99 Å². The zero-order valence-corrected chi connectivity index (χ0v) is 15.8. The first-order valence-corrected chi connectivity index (χ1v) is 8.81. The lowest BCUT2D eigenvalue weighted by molar-refractivity contribution is 0.306. The molecule has 29 heavy (non-hydrogen) atoms. The minimum atomic E-state index is -0.735. The topological polar surface area (TPSA) is 138 Å². The molecular formula is C21H20FN5O2. The predicted octanol–water partition coefficient (Wildman–Crippen LogP) is 2.59. The summed E-state index contributed by atoms with van der Waals surface area (Å²) in [4.78, 5) is 3.95. The van der Waals surface area contributed by atoms with Gasteiger partial charge in [0.2, 0.25) is 0 Å². The summed E-state index contributed by atoms with van der Waals surface area (Å²) in [5, 5.41) is 41.4. The van der Waals surface area contributed by atoms with Gasteiger partial charge >= 0.3 is 0 Å². The van der Waals surface area contributed by atoms with E-state index >= 15 is 0 Å². The molecule has 2 rings (SSSR count). The largest absolute Gasteiger partial charge is 0.507 e. The summed E-state index contributed by atoms with van der Waals surface area (Å²) in [7, 11) is 0. The molecule has 0 unspecified atom stereocenters. The van der Waals surface area contributed by atoms with Gasteiger partial charge in [-0.15, -0.1) is 0 Å². The van der Waals surface area contributed by atoms with E-state index in [9.17, 15) is 20.0 Å². The number of halogens is 1. The number of hydrogen-bond donors (Lipinski definition) is 4. The van der Waals surface area contributed by atoms with Gasteiger partial charge in [0.15, 0.2) is 5.96 Å². The summed E-state index contributed by atoms with van der Waals surface area (Å²) < 4.78 is 14.2. The van der Waals surface area contributed by atoms with Crippen LogP contribution in [0, 0.1) is 28.5 Å². The Balaban J connectivity index is 2.82. The maximum Gasteiger partial charge on any atom is 0.193 e. The monoisotopic (exact) mass is 393 g/mol. The Hall–Kier alpha value is -3.88. The molecule has 0 bridgehead atoms. The van der Waals surface area contributed by atoms with Gasteiger partial charge in [0.25, 0.3) is 0 Å². The van der Waals surface area contributed by atoms with E-state index in [1.165, 1.54) is 24.3 Å². The molecule has 0 aliphatic carbocycles. The number of rotatable bonds is 6. The fourth-order valence-electron chi connectivity index (χ4n) is 2.85. The highest BCUT2D eigenvalue weighted by Crippen LogP contribution is 2.39. The molecule has 0 aliphatic rings. The normalized spacial score (nSPS) is 11.6. The Morgan fingerprint density at radius 1 is 1.28 bits per heavy atom. The van der Waals surface area contributed by atoms with Crippen LogP contribution in [-0.4, -0.2) is 29.3 Å². The molecule has 5 N–H and O–H groups in total. The molecule has 0 fully saturated rings. The maximum absolute atomic E-state index is 14.2. The first kappa shape index (κ1) is 21.4. The standard InChI is InChI=1S/C21H20FN5O2/c1-2-4-17(27-21(25)26-9-10-28)20-18(29)8-7-13(11-23)19(20)14-5-3-6-16(22)15(14)12-24/h3-8,28-29H,2,9-10H2,1H3,(H3,25,26,27)/b17-4+. The number of nitrogens with one attached hydrogen (secondary N) is 1. The lowest BCUT2D eigenvalue weighted by Gasteiger charge is -2.19. The van der Waals surface area contributed by atoms with Crippen molar-refractivity contribution in [3.8, 4) is 29.0 Å². The second-order valence-corrected chi connectivity index (χ2v) is 5.91. The number of phenolic OH excluding ortho intramolecular Hbond substituents is 1. The average molecular weight is 393 g/mol. The van der Waals surface area contributed by atoms with Crippen molar-refractivity contribution in [1.29, 1.82) is 10.5 Å². The average Bonchev–Trinajstić information content (AvgIpc) is 2.71. The lowest BCUT2D eigenvalue weighted by Crippen LogP contribution is -2.31. The Bertz CT molecular complexity index is 1050. The van der Waals surface area contributed by atoms with Gasteiger partial charge < -0.3 is 21.3 Å². The molecule has 0 radical (unpaired) electrons. The number of aliphatic hydroxyl groups excluding tert-OH is 1. The Morgan fingerprint density at radius 2 is 2.03 bits per heavy atom. The molecule has 7 nitrogen and oxygen atoms in total. The van der Waals surface area contributed by atoms with E-state index in [-0.39, 0.29) is 52.7 Å². The SMILES string of the molecule is CC/C=C(/NC(N)=NCCO)c1c(O)ccc(C#N)c1-c1cccc(F)c1C#N. The van der Waals surface area contributed by atoms with Gasteiger partial charge in [0.05, 0.1) is 30.3 Å². The van der Waals surface area contributed by atoms with Gasteiger partial charge in [-0.05, 0) is 24.6 Å². The second kappa shape index (κ2) is 9.88. The van der Waals surface area contributed by atoms with Crippen molar-refractivity contribution >= 4 is 11.7 Å². The van der Waals surface area contributed by atoms with Crippen molar-refractivity contribution in [2.75, 3.05) is 13.2 Å². The summed E-state index contributed by atoms with van der Waals surface area (Å²) in [6.45, 7) is 1.75. The van der Waals surface area contributed by atoms with E-state index in [0.717, 1.165) is 6.07 Å². The Morgan fingerprint density at radius 3 is 2.66 bits per heavy atom. The highest BCUT2D eigenvalue weighted by molar-refractivity contribution is 5.95. The number of hydrogen-bond acceptors (Lipinski definition) is 5. The summed E-state index contributed by atoms with van der Waals surface area (Å²) in [6.07, 6.45) is 2.26. The van der Waals surface area contributed by atoms with Crippen LogP contribution in [0.2, 0.25) is 0 Å². The number of nitrogens with zero attached hydrogens (tertiary/aromatic N) is 3. The molecule has 0 spiro atoms. The van der Waals surface area contributed by atoms with Crippen molar-refractivity contribution in [3.63, 3.8) is 0 Å². The Labute approximate surface area is 167 Å². The van der Waals surface area contributed by atoms with E-state index in [4.69, 9.17) is 10.8 Å². The molecule has 148 valence electrons. The first-order chi connectivity index (χ1) is 14.0. The van der Waals surface area contributed by atoms with E-state index in [2.05, 4.69) is 10.3 Å². The third-order valence-electron chi connectivity index (χ3n) is 4.02. The number of guanidine groups is 1. The van der Waals surface area contributed by atoms with Gasteiger partial charge in [-0.25, -0.2) is 4.39 Å². The zero-order chi connectivity index (χ0) is 21.4. The summed E-state index contributed by atoms with van der Waals surface area (Å²) in [5.41, 5.74) is 6.65. The fraction of sp³-hybridized carbons (Fsp3) is 0.190. The number of nitrogens with two attached hydrogens (primary N) is 1. The second-order valence-electron chi connectivity index (χ2n) is 5.91. The van der Waals surface area contributed by atoms with E-state index < -0.39 is 5.82 Å². The van der Waals surface area contributed by atoms with Crippen LogP contribution >= 0.6 is 0 Å². The van der Waals surface area contributed by atoms with E-state index in [1.807, 2.05) is 19.1 Å². The van der Waals surface area contributed by atoms with Gasteiger partial charge in [0, 0.05) is 22.4 Å². The third-order valence-corrected chi connectivity index (χ3v) is 4.02. The first-order valence-electron chi connectivity index (χ1n) is 8.81. The van der Waals surface area contributed by atoms with Gasteiger partial charge in [-0.2, -0.15) is 10.5 Å². The predicted molar refractivity (Wildman–Crippen MR) is 108 cm³/mol. The van der Waals surface area contributed by atoms with Crippen molar-refractivity contribution in [2.45, 2.75) is 13.3 Å². The zero-order valence-electron chi connectivity index (χ0n) is 15.8. The fourth-order valence-corrected chi connectivity index (χ4v) is 2.85. The number of nitriles is 2. The van der Waals surface area contributed by atoms with E-state index in [0.29, 0.717) is 12.1 Å². The van der Waals surface area contributed by atoms with Crippen LogP contribution in [0.4, 0.5) is 4.39 Å². The third kappa shape index (κ3) is 4.70. The molecule has 2 aromatic carbocycles. The number of phenols is 1. The molecular weight excluding hydrogens is 373 g/mol. The maximum atomic E-state index is 14.2. The minimum Gasteiger partial charge on any atom is -0.507 e. The highest BCUT2D eigenvalue weighted by Gasteiger charge is 2.22. The minimum absolute atomic E-state index is 0.00814. The van der Waals surface area contributed by atoms with Crippen LogP contribution in [0.15, 0.2) is 41.4 Å². The van der Waals surface area contributed by atoms with Crippen molar-refractivity contribution in [3.05, 3.63) is 58.9 Å². The van der Waals surface area contributed by atoms with Gasteiger partial charge in [-0.1, -0.05) is 25.1 Å². The van der Waals surface area contributed by atoms with Crippen LogP contribution in [0.5, 0.6) is 5.75 Å². The molecule has 0 atom stereocenters. The number of allylic oxidation sites excluding steroid dienone is 1. The number of benzene rings is 2. The molecule has 2 aromatic rings. The van der Waals surface area contributed by atoms with Crippen LogP contribution in [0.3, 0.4) is 0 Å². The molecule has 0 saturated heterocycles. The molecule has 0 aromatic heterocycles. The molecule has 0 heterocycles. The number of aliphatic imine (C=N–C) groups is 1. The summed E-state index contributed by atoms with van der Waals surface area (Å²) >= 11 is 0. The lowest BCUT2D eigenvalue weighted by atomic mass is 9.89. The van der Waals surface area contributed by atoms with Crippen LogP contribution in [0.1, 0.15) is 30.0 Å². The molecule has 0 aliphatic heterocycles. The van der Waals surface area contributed by atoms with E-state index in [1.54, 1.807) is 6.08 Å². The van der Waals surface area contributed by atoms with Crippen molar-refractivity contribution in [1.82, 2.24) is 5.32 Å². The van der Waals surface area contributed by atoms with Gasteiger partial charge in [0.1, 0.15) is 17.6 Å². The van der Waals surface area contributed by atoms with Crippen LogP contribution < -0.4 is 11.1 Å². The number of aliphatic hydroxyl groups is 1. The van der Waals surface area contributed by atoms with Crippen molar-refractivity contribution in [2.24, 2.45) is 10.7 Å². The van der Waals surface area contributed by atoms with Crippen molar-refractivity contribution < 1.29 is 14.6 Å². The van der Waals surface area contributed by atoms with Crippen LogP contribution in [0.25, 0.3) is 16.8 Å². The quantitative estimate of drug-likeness (QED) is 0.439. The molecule has 0 amide bonds. The number of aromatic hydroxyl groups is 1. The van der Waals surface area contributed by atoms with Crippen LogP contribution in [-0.2, 0) is 0 Å². The molecule has 0 saturated carbocycles. The smallest absolute Gasteiger partial charge is 0.193 e. The molecule has 8 heteroatoms. The Kier molecular flexibility index (Phi) is 7.30. The summed E-state index contributed by atoms with van der Waals surface area (Å²) in [6, 6.07) is 10.7. The summed E-state index contributed by atoms with van der Waals surface area (Å²) in [5.74, 6) is -0.929. The highest BCUT2D eigenvalue weighted by atomic mass is 19.1.